The third-order valence-electron chi connectivity index (χ3n) is 2.97. The molecule has 0 saturated carbocycles. The van der Waals surface area contributed by atoms with E-state index in [-0.39, 0.29) is 6.61 Å². The second kappa shape index (κ2) is 8.96. The molecule has 1 atom stereocenters. The van der Waals surface area contributed by atoms with Crippen LogP contribution in [0.4, 0.5) is 0 Å². The molecule has 1 aromatic heterocycles. The highest BCUT2D eigenvalue weighted by molar-refractivity contribution is 5.31. The van der Waals surface area contributed by atoms with Crippen molar-refractivity contribution in [2.45, 2.75) is 13.0 Å². The summed E-state index contributed by atoms with van der Waals surface area (Å²) in [4.78, 5) is 7.91. The number of aliphatic hydroxyl groups is 1. The Labute approximate surface area is 130 Å². The van der Waals surface area contributed by atoms with Gasteiger partial charge in [0.1, 0.15) is 25.1 Å². The molecule has 2 N–H and O–H groups in total. The Balaban J connectivity index is 1.56. The summed E-state index contributed by atoms with van der Waals surface area (Å²) < 4.78 is 11.0. The second-order valence-electron chi connectivity index (χ2n) is 4.83. The maximum atomic E-state index is 9.87. The fourth-order valence-electron chi connectivity index (χ4n) is 1.82. The van der Waals surface area contributed by atoms with E-state index < -0.39 is 6.10 Å². The molecule has 0 amide bonds. The first-order chi connectivity index (χ1) is 10.8. The number of para-hydroxylation sites is 1. The number of aliphatic hydroxyl groups excluding tert-OH is 1. The molecule has 0 aliphatic heterocycles. The van der Waals surface area contributed by atoms with Gasteiger partial charge in [-0.2, -0.15) is 0 Å². The number of aromatic nitrogens is 2. The molecule has 0 spiro atoms. The van der Waals surface area contributed by atoms with Crippen molar-refractivity contribution in [2.24, 2.45) is 0 Å². The molecule has 1 aromatic carbocycles. The van der Waals surface area contributed by atoms with Crippen LogP contribution in [0.2, 0.25) is 0 Å². The predicted molar refractivity (Wildman–Crippen MR) is 83.1 cm³/mol. The molecule has 0 aliphatic carbocycles. The smallest absolute Gasteiger partial charge is 0.232 e. The van der Waals surface area contributed by atoms with Crippen LogP contribution in [0.1, 0.15) is 5.56 Å². The highest BCUT2D eigenvalue weighted by Crippen LogP contribution is 2.16. The fraction of sp³-hybridized carbons (Fsp3) is 0.375. The van der Waals surface area contributed by atoms with Gasteiger partial charge in [-0.15, -0.1) is 0 Å². The van der Waals surface area contributed by atoms with Crippen LogP contribution in [0.15, 0.2) is 42.9 Å². The van der Waals surface area contributed by atoms with E-state index in [4.69, 9.17) is 9.47 Å². The molecular formula is C16H21N3O3. The molecule has 2 aromatic rings. The maximum Gasteiger partial charge on any atom is 0.232 e. The van der Waals surface area contributed by atoms with Crippen molar-refractivity contribution in [1.82, 2.24) is 15.3 Å². The van der Waals surface area contributed by atoms with Crippen LogP contribution in [0.5, 0.6) is 11.6 Å². The Hall–Kier alpha value is -2.18. The zero-order chi connectivity index (χ0) is 15.6. The Bertz CT molecular complexity index is 551. The van der Waals surface area contributed by atoms with E-state index in [1.165, 1.54) is 0 Å². The first kappa shape index (κ1) is 16.2. The molecule has 0 saturated heterocycles. The van der Waals surface area contributed by atoms with Gasteiger partial charge in [0.15, 0.2) is 0 Å². The van der Waals surface area contributed by atoms with Crippen molar-refractivity contribution in [3.63, 3.8) is 0 Å². The third kappa shape index (κ3) is 5.67. The van der Waals surface area contributed by atoms with E-state index in [1.807, 2.05) is 31.2 Å². The van der Waals surface area contributed by atoms with E-state index >= 15 is 0 Å². The molecule has 1 heterocycles. The number of hydrogen-bond acceptors (Lipinski definition) is 6. The second-order valence-corrected chi connectivity index (χ2v) is 4.83. The first-order valence-electron chi connectivity index (χ1n) is 7.21. The number of aryl methyl sites for hydroxylation is 1. The van der Waals surface area contributed by atoms with Gasteiger partial charge in [0.05, 0.1) is 6.20 Å². The SMILES string of the molecule is Cc1ccccc1OCC(O)CNCCOc1cnccn1. The van der Waals surface area contributed by atoms with Crippen LogP contribution >= 0.6 is 0 Å². The maximum absolute atomic E-state index is 9.87. The largest absolute Gasteiger partial charge is 0.491 e. The molecule has 0 bridgehead atoms. The fourth-order valence-corrected chi connectivity index (χ4v) is 1.82. The molecule has 2 rings (SSSR count). The van der Waals surface area contributed by atoms with Crippen molar-refractivity contribution in [1.29, 1.82) is 0 Å². The van der Waals surface area contributed by atoms with Crippen molar-refractivity contribution >= 4 is 0 Å². The summed E-state index contributed by atoms with van der Waals surface area (Å²) in [6.45, 7) is 3.74. The van der Waals surface area contributed by atoms with Crippen LogP contribution in [0, 0.1) is 6.92 Å². The molecule has 6 nitrogen and oxygen atoms in total. The number of hydrogen-bond donors (Lipinski definition) is 2. The average Bonchev–Trinajstić information content (AvgIpc) is 2.55. The quantitative estimate of drug-likeness (QED) is 0.678. The Morgan fingerprint density at radius 2 is 2.09 bits per heavy atom. The van der Waals surface area contributed by atoms with Gasteiger partial charge >= 0.3 is 0 Å². The number of ether oxygens (including phenoxy) is 2. The normalized spacial score (nSPS) is 11.9. The lowest BCUT2D eigenvalue weighted by Gasteiger charge is -2.14. The summed E-state index contributed by atoms with van der Waals surface area (Å²) in [7, 11) is 0. The van der Waals surface area contributed by atoms with Gasteiger partial charge in [-0.25, -0.2) is 4.98 Å². The molecule has 118 valence electrons. The minimum Gasteiger partial charge on any atom is -0.491 e. The Kier molecular flexibility index (Phi) is 6.60. The lowest BCUT2D eigenvalue weighted by atomic mass is 10.2. The van der Waals surface area contributed by atoms with Crippen molar-refractivity contribution in [2.75, 3.05) is 26.3 Å². The van der Waals surface area contributed by atoms with Crippen LogP contribution in [0.25, 0.3) is 0 Å². The monoisotopic (exact) mass is 303 g/mol. The molecule has 6 heteroatoms. The molecule has 1 unspecified atom stereocenters. The summed E-state index contributed by atoms with van der Waals surface area (Å²) in [5, 5.41) is 13.0. The molecule has 0 fully saturated rings. The van der Waals surface area contributed by atoms with E-state index in [1.54, 1.807) is 18.6 Å². The van der Waals surface area contributed by atoms with Crippen LogP contribution < -0.4 is 14.8 Å². The van der Waals surface area contributed by atoms with Gasteiger partial charge in [0.2, 0.25) is 5.88 Å². The van der Waals surface area contributed by atoms with E-state index in [9.17, 15) is 5.11 Å². The molecular weight excluding hydrogens is 282 g/mol. The van der Waals surface area contributed by atoms with Gasteiger partial charge in [-0.1, -0.05) is 18.2 Å². The minimum absolute atomic E-state index is 0.253. The van der Waals surface area contributed by atoms with E-state index in [0.29, 0.717) is 25.6 Å². The van der Waals surface area contributed by atoms with Crippen molar-refractivity contribution in [3.8, 4) is 11.6 Å². The summed E-state index contributed by atoms with van der Waals surface area (Å²) >= 11 is 0. The highest BCUT2D eigenvalue weighted by atomic mass is 16.5. The summed E-state index contributed by atoms with van der Waals surface area (Å²) in [6.07, 6.45) is 4.16. The highest BCUT2D eigenvalue weighted by Gasteiger charge is 2.06. The zero-order valence-electron chi connectivity index (χ0n) is 12.6. The van der Waals surface area contributed by atoms with Gasteiger partial charge in [-0.3, -0.25) is 4.98 Å². The standard InChI is InChI=1S/C16H21N3O3/c1-13-4-2-3-5-15(13)22-12-14(20)10-18-8-9-21-16-11-17-6-7-19-16/h2-7,11,14,18,20H,8-10,12H2,1H3. The average molecular weight is 303 g/mol. The number of nitrogens with one attached hydrogen (secondary N) is 1. The van der Waals surface area contributed by atoms with Gasteiger partial charge in [-0.05, 0) is 18.6 Å². The predicted octanol–water partition coefficient (Wildman–Crippen LogP) is 1.19. The lowest BCUT2D eigenvalue weighted by molar-refractivity contribution is 0.105. The van der Waals surface area contributed by atoms with Crippen molar-refractivity contribution < 1.29 is 14.6 Å². The topological polar surface area (TPSA) is 76.5 Å². The van der Waals surface area contributed by atoms with Gasteiger partial charge in [0.25, 0.3) is 0 Å². The molecule has 0 radical (unpaired) electrons. The molecule has 22 heavy (non-hydrogen) atoms. The van der Waals surface area contributed by atoms with E-state index in [0.717, 1.165) is 11.3 Å². The van der Waals surface area contributed by atoms with E-state index in [2.05, 4.69) is 15.3 Å². The van der Waals surface area contributed by atoms with Gasteiger partial charge < -0.3 is 19.9 Å². The summed E-state index contributed by atoms with van der Waals surface area (Å²) in [5.41, 5.74) is 1.06. The summed E-state index contributed by atoms with van der Waals surface area (Å²) in [6, 6.07) is 7.74. The lowest BCUT2D eigenvalue weighted by Crippen LogP contribution is -2.33. The Morgan fingerprint density at radius 1 is 1.23 bits per heavy atom. The van der Waals surface area contributed by atoms with Crippen LogP contribution in [-0.2, 0) is 0 Å². The van der Waals surface area contributed by atoms with Gasteiger partial charge in [0, 0.05) is 25.5 Å². The summed E-state index contributed by atoms with van der Waals surface area (Å²) in [5.74, 6) is 1.29. The number of rotatable bonds is 9. The van der Waals surface area contributed by atoms with Crippen LogP contribution in [-0.4, -0.2) is 47.5 Å². The minimum atomic E-state index is -0.573. The van der Waals surface area contributed by atoms with Crippen LogP contribution in [0.3, 0.4) is 0 Å². The Morgan fingerprint density at radius 3 is 2.86 bits per heavy atom. The van der Waals surface area contributed by atoms with Crippen molar-refractivity contribution in [3.05, 3.63) is 48.4 Å². The molecule has 0 aliphatic rings. The zero-order valence-corrected chi connectivity index (χ0v) is 12.6. The first-order valence-corrected chi connectivity index (χ1v) is 7.21. The third-order valence-corrected chi connectivity index (χ3v) is 2.97. The number of benzene rings is 1. The number of nitrogens with zero attached hydrogens (tertiary/aromatic N) is 2.